The van der Waals surface area contributed by atoms with Crippen molar-refractivity contribution in [3.05, 3.63) is 78.1 Å². The van der Waals surface area contributed by atoms with E-state index >= 15 is 0 Å². The lowest BCUT2D eigenvalue weighted by Crippen LogP contribution is -2.36. The van der Waals surface area contributed by atoms with E-state index < -0.39 is 0 Å². The SMILES string of the molecule is COc1ccc(C(CNC(=O)CCc2ccc(-c3ccccc3)o2)N2CCCC2)cc1. The molecule has 1 saturated heterocycles. The third-order valence-corrected chi connectivity index (χ3v) is 5.89. The monoisotopic (exact) mass is 418 g/mol. The fourth-order valence-electron chi connectivity index (χ4n) is 4.14. The molecule has 0 spiro atoms. The van der Waals surface area contributed by atoms with Gasteiger partial charge in [0.05, 0.1) is 13.2 Å². The van der Waals surface area contributed by atoms with Gasteiger partial charge in [-0.15, -0.1) is 0 Å². The van der Waals surface area contributed by atoms with Gasteiger partial charge in [-0.1, -0.05) is 42.5 Å². The molecule has 162 valence electrons. The predicted molar refractivity (Wildman–Crippen MR) is 122 cm³/mol. The van der Waals surface area contributed by atoms with Crippen molar-refractivity contribution in [2.24, 2.45) is 0 Å². The molecule has 0 radical (unpaired) electrons. The molecular weight excluding hydrogens is 388 g/mol. The van der Waals surface area contributed by atoms with E-state index in [1.54, 1.807) is 7.11 Å². The van der Waals surface area contributed by atoms with E-state index in [1.165, 1.54) is 18.4 Å². The average molecular weight is 419 g/mol. The largest absolute Gasteiger partial charge is 0.497 e. The molecule has 1 amide bonds. The number of ether oxygens (including phenoxy) is 1. The van der Waals surface area contributed by atoms with Crippen LogP contribution in [0.15, 0.2) is 71.1 Å². The zero-order valence-corrected chi connectivity index (χ0v) is 18.0. The van der Waals surface area contributed by atoms with Gasteiger partial charge in [0.25, 0.3) is 0 Å². The highest BCUT2D eigenvalue weighted by atomic mass is 16.5. The van der Waals surface area contributed by atoms with E-state index in [2.05, 4.69) is 22.3 Å². The molecular formula is C26H30N2O3. The van der Waals surface area contributed by atoms with Crippen molar-refractivity contribution in [3.8, 4) is 17.1 Å². The van der Waals surface area contributed by atoms with Crippen LogP contribution in [0.5, 0.6) is 5.75 Å². The molecule has 1 aromatic heterocycles. The fraction of sp³-hybridized carbons (Fsp3) is 0.346. The van der Waals surface area contributed by atoms with E-state index in [9.17, 15) is 4.79 Å². The highest BCUT2D eigenvalue weighted by Crippen LogP contribution is 2.26. The lowest BCUT2D eigenvalue weighted by Gasteiger charge is -2.28. The Morgan fingerprint density at radius 2 is 1.77 bits per heavy atom. The molecule has 1 aliphatic rings. The minimum atomic E-state index is 0.0513. The number of furan rings is 1. The quantitative estimate of drug-likeness (QED) is 0.540. The Balaban J connectivity index is 1.32. The summed E-state index contributed by atoms with van der Waals surface area (Å²) in [5, 5.41) is 3.14. The first-order valence-corrected chi connectivity index (χ1v) is 11.0. The van der Waals surface area contributed by atoms with E-state index in [0.717, 1.165) is 35.9 Å². The van der Waals surface area contributed by atoms with Gasteiger partial charge in [0.15, 0.2) is 0 Å². The Morgan fingerprint density at radius 3 is 2.48 bits per heavy atom. The molecule has 1 aliphatic heterocycles. The Labute approximate surface area is 184 Å². The Kier molecular flexibility index (Phi) is 7.05. The number of methoxy groups -OCH3 is 1. The van der Waals surface area contributed by atoms with Crippen molar-refractivity contribution in [2.45, 2.75) is 31.7 Å². The predicted octanol–water partition coefficient (Wildman–Crippen LogP) is 4.84. The maximum atomic E-state index is 12.6. The molecule has 5 heteroatoms. The summed E-state index contributed by atoms with van der Waals surface area (Å²) < 4.78 is 11.2. The number of nitrogens with one attached hydrogen (secondary N) is 1. The number of nitrogens with zero attached hydrogens (tertiary/aromatic N) is 1. The first-order valence-electron chi connectivity index (χ1n) is 11.0. The van der Waals surface area contributed by atoms with Gasteiger partial charge < -0.3 is 14.5 Å². The van der Waals surface area contributed by atoms with Crippen LogP contribution < -0.4 is 10.1 Å². The molecule has 0 aliphatic carbocycles. The number of aryl methyl sites for hydroxylation is 1. The van der Waals surface area contributed by atoms with Gasteiger partial charge in [-0.3, -0.25) is 9.69 Å². The molecule has 2 heterocycles. The standard InChI is InChI=1S/C26H30N2O3/c1-30-22-11-9-20(10-12-22)24(28-17-5-6-18-28)19-27-26(29)16-14-23-13-15-25(31-23)21-7-3-2-4-8-21/h2-4,7-13,15,24H,5-6,14,16-19H2,1H3,(H,27,29). The first kappa shape index (κ1) is 21.2. The summed E-state index contributed by atoms with van der Waals surface area (Å²) in [5.41, 5.74) is 2.26. The third-order valence-electron chi connectivity index (χ3n) is 5.89. The maximum absolute atomic E-state index is 12.6. The summed E-state index contributed by atoms with van der Waals surface area (Å²) in [6.07, 6.45) is 3.43. The number of likely N-dealkylation sites (tertiary alicyclic amines) is 1. The first-order chi connectivity index (χ1) is 15.2. The van der Waals surface area contributed by atoms with Gasteiger partial charge in [-0.2, -0.15) is 0 Å². The van der Waals surface area contributed by atoms with Crippen LogP contribution in [0, 0.1) is 0 Å². The molecule has 3 aromatic rings. The summed E-state index contributed by atoms with van der Waals surface area (Å²) in [4.78, 5) is 15.0. The smallest absolute Gasteiger partial charge is 0.220 e. The zero-order valence-electron chi connectivity index (χ0n) is 18.0. The van der Waals surface area contributed by atoms with Crippen molar-refractivity contribution >= 4 is 5.91 Å². The summed E-state index contributed by atoms with van der Waals surface area (Å²) in [5.74, 6) is 2.57. The minimum absolute atomic E-state index is 0.0513. The normalized spacial score (nSPS) is 15.0. The summed E-state index contributed by atoms with van der Waals surface area (Å²) in [6.45, 7) is 2.75. The van der Waals surface area contributed by atoms with Crippen LogP contribution in [-0.4, -0.2) is 37.6 Å². The number of carbonyl (C=O) groups is 1. The molecule has 1 unspecified atom stereocenters. The van der Waals surface area contributed by atoms with Crippen molar-refractivity contribution in [3.63, 3.8) is 0 Å². The molecule has 1 N–H and O–H groups in total. The topological polar surface area (TPSA) is 54.7 Å². The molecule has 5 nitrogen and oxygen atoms in total. The van der Waals surface area contributed by atoms with E-state index in [0.29, 0.717) is 19.4 Å². The third kappa shape index (κ3) is 5.56. The van der Waals surface area contributed by atoms with E-state index in [1.807, 2.05) is 54.6 Å². The molecule has 2 aromatic carbocycles. The number of hydrogen-bond acceptors (Lipinski definition) is 4. The summed E-state index contributed by atoms with van der Waals surface area (Å²) in [7, 11) is 1.68. The molecule has 0 bridgehead atoms. The number of benzene rings is 2. The average Bonchev–Trinajstić information content (AvgIpc) is 3.51. The van der Waals surface area contributed by atoms with Crippen LogP contribution in [-0.2, 0) is 11.2 Å². The van der Waals surface area contributed by atoms with Gasteiger partial charge in [-0.25, -0.2) is 0 Å². The molecule has 1 atom stereocenters. The second kappa shape index (κ2) is 10.3. The number of hydrogen-bond donors (Lipinski definition) is 1. The lowest BCUT2D eigenvalue weighted by molar-refractivity contribution is -0.121. The number of amides is 1. The van der Waals surface area contributed by atoms with E-state index in [4.69, 9.17) is 9.15 Å². The van der Waals surface area contributed by atoms with E-state index in [-0.39, 0.29) is 11.9 Å². The number of rotatable bonds is 9. The Bertz CT molecular complexity index is 960. The van der Waals surface area contributed by atoms with Gasteiger partial charge in [-0.05, 0) is 55.8 Å². The molecule has 0 saturated carbocycles. The Morgan fingerprint density at radius 1 is 1.03 bits per heavy atom. The van der Waals surface area contributed by atoms with Gasteiger partial charge in [0.2, 0.25) is 5.91 Å². The lowest BCUT2D eigenvalue weighted by atomic mass is 10.0. The molecule has 31 heavy (non-hydrogen) atoms. The van der Waals surface area contributed by atoms with Crippen LogP contribution in [0.4, 0.5) is 0 Å². The van der Waals surface area contributed by atoms with Crippen molar-refractivity contribution in [1.29, 1.82) is 0 Å². The van der Waals surface area contributed by atoms with Gasteiger partial charge in [0.1, 0.15) is 17.3 Å². The molecule has 4 rings (SSSR count). The van der Waals surface area contributed by atoms with Crippen molar-refractivity contribution < 1.29 is 13.9 Å². The highest BCUT2D eigenvalue weighted by molar-refractivity contribution is 5.76. The van der Waals surface area contributed by atoms with Crippen molar-refractivity contribution in [2.75, 3.05) is 26.7 Å². The van der Waals surface area contributed by atoms with Crippen LogP contribution in [0.25, 0.3) is 11.3 Å². The van der Waals surface area contributed by atoms with Gasteiger partial charge in [0, 0.05) is 24.9 Å². The second-order valence-corrected chi connectivity index (χ2v) is 7.97. The molecule has 1 fully saturated rings. The highest BCUT2D eigenvalue weighted by Gasteiger charge is 2.24. The van der Waals surface area contributed by atoms with Crippen molar-refractivity contribution in [1.82, 2.24) is 10.2 Å². The van der Waals surface area contributed by atoms with Crippen LogP contribution >= 0.6 is 0 Å². The zero-order chi connectivity index (χ0) is 21.5. The Hall–Kier alpha value is -3.05. The number of carbonyl (C=O) groups excluding carboxylic acids is 1. The second-order valence-electron chi connectivity index (χ2n) is 7.97. The summed E-state index contributed by atoms with van der Waals surface area (Å²) in [6, 6.07) is 22.3. The van der Waals surface area contributed by atoms with Crippen LogP contribution in [0.1, 0.15) is 36.6 Å². The fourth-order valence-corrected chi connectivity index (χ4v) is 4.14. The summed E-state index contributed by atoms with van der Waals surface area (Å²) >= 11 is 0. The minimum Gasteiger partial charge on any atom is -0.497 e. The maximum Gasteiger partial charge on any atom is 0.220 e. The van der Waals surface area contributed by atoms with Crippen LogP contribution in [0.2, 0.25) is 0 Å². The van der Waals surface area contributed by atoms with Crippen LogP contribution in [0.3, 0.4) is 0 Å². The van der Waals surface area contributed by atoms with Gasteiger partial charge >= 0.3 is 0 Å².